The van der Waals surface area contributed by atoms with Gasteiger partial charge in [-0.25, -0.2) is 0 Å². The summed E-state index contributed by atoms with van der Waals surface area (Å²) in [4.78, 5) is 25.1. The lowest BCUT2D eigenvalue weighted by atomic mass is 9.83. The smallest absolute Gasteiger partial charge is 0.198 e. The van der Waals surface area contributed by atoms with Crippen LogP contribution in [0.1, 0.15) is 38.8 Å². The van der Waals surface area contributed by atoms with E-state index in [0.717, 1.165) is 0 Å². The highest BCUT2D eigenvalue weighted by Gasteiger charge is 2.33. The molecule has 0 amide bonds. The molecule has 2 aromatic rings. The van der Waals surface area contributed by atoms with Crippen molar-refractivity contribution in [1.29, 1.82) is 0 Å². The third-order valence-electron chi connectivity index (χ3n) is 3.72. The van der Waals surface area contributed by atoms with Gasteiger partial charge in [0.05, 0.1) is 12.2 Å². The molecule has 0 aromatic heterocycles. The minimum Gasteiger partial charge on any atom is -0.504 e. The lowest BCUT2D eigenvalue weighted by molar-refractivity contribution is 0.0973. The predicted octanol–water partition coefficient (Wildman–Crippen LogP) is 2.58. The maximum absolute atomic E-state index is 12.6. The first-order valence-electron chi connectivity index (χ1n) is 7.40. The van der Waals surface area contributed by atoms with Crippen LogP contribution in [0.5, 0.6) is 11.5 Å². The van der Waals surface area contributed by atoms with Crippen molar-refractivity contribution in [1.82, 2.24) is 0 Å². The van der Waals surface area contributed by atoms with Gasteiger partial charge in [0, 0.05) is 23.3 Å². The summed E-state index contributed by atoms with van der Waals surface area (Å²) in [5.41, 5.74) is 0.854. The second kappa shape index (κ2) is 6.22. The van der Waals surface area contributed by atoms with Crippen LogP contribution < -0.4 is 4.74 Å². The number of phenolic OH excluding ortho intramolecular Hbond substituents is 1. The molecule has 1 aliphatic rings. The Morgan fingerprint density at radius 1 is 0.913 bits per heavy atom. The molecule has 0 heterocycles. The fraction of sp³-hybridized carbons (Fsp3) is 0.222. The van der Waals surface area contributed by atoms with Crippen LogP contribution in [-0.2, 0) is 4.74 Å². The number of rotatable bonds is 5. The van der Waals surface area contributed by atoms with Crippen LogP contribution in [0.25, 0.3) is 0 Å². The lowest BCUT2D eigenvalue weighted by Crippen LogP contribution is -2.21. The third kappa shape index (κ3) is 2.59. The van der Waals surface area contributed by atoms with Crippen LogP contribution in [0.2, 0.25) is 0 Å². The molecule has 5 nitrogen and oxygen atoms in total. The van der Waals surface area contributed by atoms with Crippen molar-refractivity contribution < 1.29 is 24.2 Å². The van der Waals surface area contributed by atoms with E-state index in [1.165, 1.54) is 12.1 Å². The van der Waals surface area contributed by atoms with E-state index in [0.29, 0.717) is 24.3 Å². The first-order valence-corrected chi connectivity index (χ1v) is 7.40. The molecule has 1 N–H and O–H groups in total. The molecule has 0 atom stereocenters. The molecule has 0 bridgehead atoms. The summed E-state index contributed by atoms with van der Waals surface area (Å²) in [6.45, 7) is 3.07. The van der Waals surface area contributed by atoms with E-state index in [2.05, 4.69) is 0 Å². The van der Waals surface area contributed by atoms with Crippen molar-refractivity contribution >= 4 is 11.6 Å². The summed E-state index contributed by atoms with van der Waals surface area (Å²) in [6, 6.07) is 9.61. The van der Waals surface area contributed by atoms with E-state index < -0.39 is 0 Å². The van der Waals surface area contributed by atoms with Gasteiger partial charge in [-0.1, -0.05) is 24.3 Å². The fourth-order valence-corrected chi connectivity index (χ4v) is 2.62. The maximum atomic E-state index is 12.6. The van der Waals surface area contributed by atoms with Gasteiger partial charge in [-0.05, 0) is 19.1 Å². The summed E-state index contributed by atoms with van der Waals surface area (Å²) in [5, 5.41) is 10.4. The van der Waals surface area contributed by atoms with Crippen LogP contribution in [-0.4, -0.2) is 36.5 Å². The second-order valence-corrected chi connectivity index (χ2v) is 5.08. The molecular formula is C18H16O5. The Morgan fingerprint density at radius 3 is 2.30 bits per heavy atom. The molecule has 0 unspecified atom stereocenters. The van der Waals surface area contributed by atoms with Gasteiger partial charge in [0.2, 0.25) is 0 Å². The highest BCUT2D eigenvalue weighted by atomic mass is 16.5. The summed E-state index contributed by atoms with van der Waals surface area (Å²) < 4.78 is 10.6. The predicted molar refractivity (Wildman–Crippen MR) is 83.4 cm³/mol. The molecule has 0 spiro atoms. The molecule has 3 rings (SSSR count). The molecule has 23 heavy (non-hydrogen) atoms. The Kier molecular flexibility index (Phi) is 4.12. The average Bonchev–Trinajstić information content (AvgIpc) is 2.57. The van der Waals surface area contributed by atoms with Gasteiger partial charge in [-0.2, -0.15) is 0 Å². The summed E-state index contributed by atoms with van der Waals surface area (Å²) in [6.07, 6.45) is 0. The van der Waals surface area contributed by atoms with Crippen molar-refractivity contribution in [2.75, 3.05) is 19.8 Å². The molecule has 0 saturated heterocycles. The van der Waals surface area contributed by atoms with Crippen LogP contribution in [0, 0.1) is 0 Å². The van der Waals surface area contributed by atoms with Crippen molar-refractivity contribution in [3.63, 3.8) is 0 Å². The highest BCUT2D eigenvalue weighted by molar-refractivity contribution is 6.29. The number of aromatic hydroxyl groups is 1. The Morgan fingerprint density at radius 2 is 1.61 bits per heavy atom. The van der Waals surface area contributed by atoms with Gasteiger partial charge in [-0.3, -0.25) is 9.59 Å². The van der Waals surface area contributed by atoms with Crippen LogP contribution in [0.3, 0.4) is 0 Å². The van der Waals surface area contributed by atoms with Crippen LogP contribution in [0.4, 0.5) is 0 Å². The van der Waals surface area contributed by atoms with E-state index in [1.54, 1.807) is 24.3 Å². The number of ether oxygens (including phenoxy) is 2. The first kappa shape index (κ1) is 15.2. The third-order valence-corrected chi connectivity index (χ3v) is 3.72. The summed E-state index contributed by atoms with van der Waals surface area (Å²) in [7, 11) is 0. The largest absolute Gasteiger partial charge is 0.504 e. The standard InChI is InChI=1S/C18H16O5/c1-2-22-9-10-23-14-8-7-13-15(18(14)21)17(20)12-6-4-3-5-11(12)16(13)19/h3-8,21H,2,9-10H2,1H3. The Balaban J connectivity index is 1.98. The SMILES string of the molecule is CCOCCOc1ccc2c(c1O)C(=O)c1ccccc1C2=O. The van der Waals surface area contributed by atoms with Crippen molar-refractivity contribution in [2.24, 2.45) is 0 Å². The summed E-state index contributed by atoms with van der Waals surface area (Å²) >= 11 is 0. The molecule has 0 radical (unpaired) electrons. The Bertz CT molecular complexity index is 779. The molecule has 5 heteroatoms. The van der Waals surface area contributed by atoms with E-state index in [4.69, 9.17) is 9.47 Å². The van der Waals surface area contributed by atoms with Gasteiger partial charge >= 0.3 is 0 Å². The van der Waals surface area contributed by atoms with Gasteiger partial charge in [0.1, 0.15) is 6.61 Å². The number of hydrogen-bond acceptors (Lipinski definition) is 5. The van der Waals surface area contributed by atoms with E-state index in [-0.39, 0.29) is 40.8 Å². The van der Waals surface area contributed by atoms with Gasteiger partial charge in [0.25, 0.3) is 0 Å². The molecule has 118 valence electrons. The molecule has 2 aromatic carbocycles. The van der Waals surface area contributed by atoms with E-state index in [9.17, 15) is 14.7 Å². The second-order valence-electron chi connectivity index (χ2n) is 5.08. The minimum absolute atomic E-state index is 0.00242. The number of benzene rings is 2. The zero-order valence-electron chi connectivity index (χ0n) is 12.7. The van der Waals surface area contributed by atoms with Crippen molar-refractivity contribution in [2.45, 2.75) is 6.92 Å². The number of carbonyl (C=O) groups is 2. The zero-order chi connectivity index (χ0) is 16.4. The topological polar surface area (TPSA) is 72.8 Å². The van der Waals surface area contributed by atoms with Crippen LogP contribution in [0.15, 0.2) is 36.4 Å². The van der Waals surface area contributed by atoms with Gasteiger partial charge < -0.3 is 14.6 Å². The summed E-state index contributed by atoms with van der Waals surface area (Å²) in [5.74, 6) is -0.773. The van der Waals surface area contributed by atoms with Crippen LogP contribution >= 0.6 is 0 Å². The molecule has 1 aliphatic carbocycles. The monoisotopic (exact) mass is 312 g/mol. The number of phenols is 1. The molecule has 0 aliphatic heterocycles. The van der Waals surface area contributed by atoms with E-state index in [1.807, 2.05) is 6.92 Å². The van der Waals surface area contributed by atoms with Crippen molar-refractivity contribution in [3.8, 4) is 11.5 Å². The number of fused-ring (bicyclic) bond motifs is 2. The fourth-order valence-electron chi connectivity index (χ4n) is 2.62. The van der Waals surface area contributed by atoms with Gasteiger partial charge in [0.15, 0.2) is 23.1 Å². The van der Waals surface area contributed by atoms with E-state index >= 15 is 0 Å². The Hall–Kier alpha value is -2.66. The number of ketones is 2. The maximum Gasteiger partial charge on any atom is 0.198 e. The highest BCUT2D eigenvalue weighted by Crippen LogP contribution is 2.38. The minimum atomic E-state index is -0.372. The molecular weight excluding hydrogens is 296 g/mol. The number of hydrogen-bond donors (Lipinski definition) is 1. The zero-order valence-corrected chi connectivity index (χ0v) is 12.7. The average molecular weight is 312 g/mol. The first-order chi connectivity index (χ1) is 11.1. The van der Waals surface area contributed by atoms with Gasteiger partial charge in [-0.15, -0.1) is 0 Å². The lowest BCUT2D eigenvalue weighted by Gasteiger charge is -2.19. The Labute approximate surface area is 133 Å². The molecule has 0 saturated carbocycles. The normalized spacial score (nSPS) is 12.7. The number of carbonyl (C=O) groups excluding carboxylic acids is 2. The van der Waals surface area contributed by atoms with Crippen molar-refractivity contribution in [3.05, 3.63) is 58.7 Å². The molecule has 0 fully saturated rings. The quantitative estimate of drug-likeness (QED) is 0.733.